The van der Waals surface area contributed by atoms with Gasteiger partial charge in [-0.1, -0.05) is 19.0 Å². The number of nitrogens with one attached hydrogen (secondary N) is 3. The molecule has 0 fully saturated rings. The van der Waals surface area contributed by atoms with E-state index >= 15 is 0 Å². The van der Waals surface area contributed by atoms with E-state index in [1.807, 2.05) is 13.0 Å². The third-order valence-corrected chi connectivity index (χ3v) is 3.74. The van der Waals surface area contributed by atoms with Crippen LogP contribution in [0.25, 0.3) is 0 Å². The molecule has 0 radical (unpaired) electrons. The number of nitrogens with zero attached hydrogens (tertiary/aromatic N) is 2. The summed E-state index contributed by atoms with van der Waals surface area (Å²) in [7, 11) is 0. The topological polar surface area (TPSA) is 112 Å². The van der Waals surface area contributed by atoms with Gasteiger partial charge in [0.25, 0.3) is 5.91 Å². The van der Waals surface area contributed by atoms with Gasteiger partial charge in [-0.15, -0.1) is 24.0 Å². The molecule has 0 saturated carbocycles. The van der Waals surface area contributed by atoms with Crippen LogP contribution in [0.5, 0.6) is 5.75 Å². The molecule has 9 heteroatoms. The Bertz CT molecular complexity index is 759. The van der Waals surface area contributed by atoms with Crippen molar-refractivity contribution in [1.29, 1.82) is 0 Å². The van der Waals surface area contributed by atoms with Gasteiger partial charge >= 0.3 is 0 Å². The van der Waals surface area contributed by atoms with E-state index < -0.39 is 0 Å². The zero-order chi connectivity index (χ0) is 19.6. The summed E-state index contributed by atoms with van der Waals surface area (Å²) in [6, 6.07) is 8.03. The fraction of sp³-hybridized carbons (Fsp3) is 0.421. The molecule has 0 aliphatic carbocycles. The Morgan fingerprint density at radius 3 is 2.46 bits per heavy atom. The zero-order valence-corrected chi connectivity index (χ0v) is 18.7. The number of hydrogen-bond donors (Lipinski definition) is 4. The van der Waals surface area contributed by atoms with Gasteiger partial charge in [0.1, 0.15) is 12.3 Å². The third-order valence-electron chi connectivity index (χ3n) is 3.74. The number of carbonyl (C=O) groups is 1. The van der Waals surface area contributed by atoms with E-state index in [1.54, 1.807) is 12.1 Å². The monoisotopic (exact) mass is 501 g/mol. The maximum Gasteiger partial charge on any atom is 0.251 e. The van der Waals surface area contributed by atoms with Gasteiger partial charge in [0, 0.05) is 31.3 Å². The number of phenolic OH excluding ortho intramolecular Hbond substituents is 1. The number of aromatic hydroxyl groups is 1. The van der Waals surface area contributed by atoms with Crippen LogP contribution in [-0.2, 0) is 6.54 Å². The summed E-state index contributed by atoms with van der Waals surface area (Å²) in [5.74, 6) is 1.60. The molecular weight excluding hydrogens is 473 g/mol. The molecule has 28 heavy (non-hydrogen) atoms. The van der Waals surface area contributed by atoms with Gasteiger partial charge in [0.2, 0.25) is 0 Å². The molecule has 2 aromatic rings. The second-order valence-electron chi connectivity index (χ2n) is 6.30. The highest BCUT2D eigenvalue weighted by molar-refractivity contribution is 14.0. The summed E-state index contributed by atoms with van der Waals surface area (Å²) in [5, 5.41) is 22.4. The standard InChI is InChI=1S/C19H27N5O3.HI/c1-4-20-19(23-12-16-11-17(13(2)3)24-27-16)22-10-9-21-18(26)14-5-7-15(25)8-6-14;/h5-8,11,13,25H,4,9-10,12H2,1-3H3,(H,21,26)(H2,20,22,23);1H. The Balaban J connectivity index is 0.00000392. The van der Waals surface area contributed by atoms with E-state index in [2.05, 4.69) is 39.9 Å². The minimum Gasteiger partial charge on any atom is -0.508 e. The lowest BCUT2D eigenvalue weighted by Crippen LogP contribution is -2.41. The quantitative estimate of drug-likeness (QED) is 0.192. The summed E-state index contributed by atoms with van der Waals surface area (Å²) in [6.07, 6.45) is 0. The fourth-order valence-electron chi connectivity index (χ4n) is 2.25. The van der Waals surface area contributed by atoms with Crippen molar-refractivity contribution >= 4 is 35.8 Å². The number of carbonyl (C=O) groups excluding carboxylic acids is 1. The number of benzene rings is 1. The largest absolute Gasteiger partial charge is 0.508 e. The van der Waals surface area contributed by atoms with Crippen LogP contribution in [0.4, 0.5) is 0 Å². The van der Waals surface area contributed by atoms with Gasteiger partial charge in [0.05, 0.1) is 5.69 Å². The van der Waals surface area contributed by atoms with Gasteiger partial charge in [0.15, 0.2) is 11.7 Å². The van der Waals surface area contributed by atoms with E-state index in [1.165, 1.54) is 12.1 Å². The lowest BCUT2D eigenvalue weighted by Gasteiger charge is -2.11. The van der Waals surface area contributed by atoms with E-state index in [0.717, 1.165) is 12.2 Å². The summed E-state index contributed by atoms with van der Waals surface area (Å²) < 4.78 is 5.28. The predicted molar refractivity (Wildman–Crippen MR) is 119 cm³/mol. The van der Waals surface area contributed by atoms with E-state index in [0.29, 0.717) is 42.8 Å². The van der Waals surface area contributed by atoms with E-state index in [-0.39, 0.29) is 35.6 Å². The minimum absolute atomic E-state index is 0. The highest BCUT2D eigenvalue weighted by Gasteiger charge is 2.08. The fourth-order valence-corrected chi connectivity index (χ4v) is 2.25. The molecule has 0 bridgehead atoms. The van der Waals surface area contributed by atoms with E-state index in [4.69, 9.17) is 4.52 Å². The average Bonchev–Trinajstić information content (AvgIpc) is 3.13. The van der Waals surface area contributed by atoms with Gasteiger partial charge in [-0.05, 0) is 37.1 Å². The van der Waals surface area contributed by atoms with E-state index in [9.17, 15) is 9.90 Å². The number of aliphatic imine (C=N–C) groups is 1. The SMILES string of the molecule is CCNC(=NCc1cc(C(C)C)no1)NCCNC(=O)c1ccc(O)cc1.I. The number of phenols is 1. The zero-order valence-electron chi connectivity index (χ0n) is 16.4. The Labute approximate surface area is 182 Å². The smallest absolute Gasteiger partial charge is 0.251 e. The lowest BCUT2D eigenvalue weighted by atomic mass is 10.1. The van der Waals surface area contributed by atoms with Crippen molar-refractivity contribution in [2.75, 3.05) is 19.6 Å². The second-order valence-corrected chi connectivity index (χ2v) is 6.30. The molecular formula is C19H28IN5O3. The highest BCUT2D eigenvalue weighted by Crippen LogP contribution is 2.14. The first kappa shape index (κ1) is 23.7. The number of guanidine groups is 1. The van der Waals surface area contributed by atoms with Crippen LogP contribution >= 0.6 is 24.0 Å². The second kappa shape index (κ2) is 12.2. The Morgan fingerprint density at radius 1 is 1.18 bits per heavy atom. The highest BCUT2D eigenvalue weighted by atomic mass is 127. The Kier molecular flexibility index (Phi) is 10.4. The maximum atomic E-state index is 12.0. The lowest BCUT2D eigenvalue weighted by molar-refractivity contribution is 0.0954. The predicted octanol–water partition coefficient (Wildman–Crippen LogP) is 2.61. The third kappa shape index (κ3) is 7.75. The van der Waals surface area contributed by atoms with Crippen molar-refractivity contribution in [3.63, 3.8) is 0 Å². The molecule has 154 valence electrons. The summed E-state index contributed by atoms with van der Waals surface area (Å²) in [5.41, 5.74) is 1.41. The average molecular weight is 501 g/mol. The molecule has 1 amide bonds. The number of halogens is 1. The summed E-state index contributed by atoms with van der Waals surface area (Å²) in [6.45, 7) is 8.16. The molecule has 4 N–H and O–H groups in total. The number of rotatable bonds is 8. The van der Waals surface area contributed by atoms with Crippen LogP contribution in [0.3, 0.4) is 0 Å². The Hall–Kier alpha value is -2.30. The molecule has 1 aromatic carbocycles. The number of hydrogen-bond acceptors (Lipinski definition) is 5. The first-order chi connectivity index (χ1) is 13.0. The summed E-state index contributed by atoms with van der Waals surface area (Å²) in [4.78, 5) is 16.5. The van der Waals surface area contributed by atoms with Crippen molar-refractivity contribution in [3.8, 4) is 5.75 Å². The van der Waals surface area contributed by atoms with Crippen LogP contribution in [0.2, 0.25) is 0 Å². The van der Waals surface area contributed by atoms with Crippen molar-refractivity contribution in [2.24, 2.45) is 4.99 Å². The van der Waals surface area contributed by atoms with Gasteiger partial charge in [-0.3, -0.25) is 4.79 Å². The van der Waals surface area contributed by atoms with Crippen molar-refractivity contribution in [3.05, 3.63) is 47.3 Å². The molecule has 0 aliphatic heterocycles. The molecule has 0 saturated heterocycles. The van der Waals surface area contributed by atoms with Crippen LogP contribution in [-0.4, -0.2) is 41.8 Å². The van der Waals surface area contributed by atoms with Gasteiger partial charge in [-0.2, -0.15) is 0 Å². The minimum atomic E-state index is -0.193. The van der Waals surface area contributed by atoms with Gasteiger partial charge < -0.3 is 25.6 Å². The number of amides is 1. The Morgan fingerprint density at radius 2 is 1.86 bits per heavy atom. The molecule has 0 aliphatic rings. The molecule has 1 aromatic heterocycles. The normalized spacial score (nSPS) is 11.1. The molecule has 1 heterocycles. The number of aromatic nitrogens is 1. The molecule has 2 rings (SSSR count). The summed E-state index contributed by atoms with van der Waals surface area (Å²) >= 11 is 0. The molecule has 0 atom stereocenters. The first-order valence-corrected chi connectivity index (χ1v) is 9.04. The van der Waals surface area contributed by atoms with Crippen LogP contribution < -0.4 is 16.0 Å². The van der Waals surface area contributed by atoms with Crippen molar-refractivity contribution in [2.45, 2.75) is 33.2 Å². The first-order valence-electron chi connectivity index (χ1n) is 9.04. The van der Waals surface area contributed by atoms with Crippen LogP contribution in [0.15, 0.2) is 39.8 Å². The van der Waals surface area contributed by atoms with Crippen molar-refractivity contribution in [1.82, 2.24) is 21.1 Å². The molecule has 0 spiro atoms. The molecule has 8 nitrogen and oxygen atoms in total. The maximum absolute atomic E-state index is 12.0. The van der Waals surface area contributed by atoms with Crippen LogP contribution in [0.1, 0.15) is 48.5 Å². The van der Waals surface area contributed by atoms with Crippen molar-refractivity contribution < 1.29 is 14.4 Å². The van der Waals surface area contributed by atoms with Crippen LogP contribution in [0, 0.1) is 0 Å². The molecule has 0 unspecified atom stereocenters. The van der Waals surface area contributed by atoms with Gasteiger partial charge in [-0.25, -0.2) is 4.99 Å².